The van der Waals surface area contributed by atoms with Crippen LogP contribution in [0.1, 0.15) is 60.6 Å². The smallest absolute Gasteiger partial charge is 0.153 e. The highest BCUT2D eigenvalue weighted by Crippen LogP contribution is 2.42. The Hall–Kier alpha value is -1.47. The van der Waals surface area contributed by atoms with Crippen molar-refractivity contribution in [3.8, 4) is 0 Å². The molecule has 1 aromatic heterocycles. The van der Waals surface area contributed by atoms with E-state index in [9.17, 15) is 4.21 Å². The third kappa shape index (κ3) is 5.71. The summed E-state index contributed by atoms with van der Waals surface area (Å²) in [6, 6.07) is 19.1. The molecule has 0 amide bonds. The van der Waals surface area contributed by atoms with Crippen LogP contribution in [0.2, 0.25) is 0 Å². The van der Waals surface area contributed by atoms with Crippen LogP contribution >= 0.6 is 27.3 Å². The van der Waals surface area contributed by atoms with Crippen LogP contribution in [0.5, 0.6) is 0 Å². The van der Waals surface area contributed by atoms with Crippen molar-refractivity contribution in [1.29, 1.82) is 0 Å². The molecule has 1 aliphatic rings. The molecular formula is C26H31BrN2OS2. The van der Waals surface area contributed by atoms with Gasteiger partial charge in [0, 0.05) is 11.5 Å². The lowest BCUT2D eigenvalue weighted by molar-refractivity contribution is 0.540. The summed E-state index contributed by atoms with van der Waals surface area (Å²) in [5.41, 5.74) is 3.64. The number of fused-ring (bicyclic) bond motifs is 2. The summed E-state index contributed by atoms with van der Waals surface area (Å²) in [7, 11) is 0.717. The van der Waals surface area contributed by atoms with Gasteiger partial charge in [0.05, 0.1) is 21.5 Å². The number of nitrogens with one attached hydrogen (secondary N) is 1. The number of unbranched alkanes of at least 4 members (excludes halogenated alkanes) is 5. The van der Waals surface area contributed by atoms with E-state index < -0.39 is 11.0 Å². The average Bonchev–Trinajstić information content (AvgIpc) is 3.27. The molecule has 2 atom stereocenters. The lowest BCUT2D eigenvalue weighted by Crippen LogP contribution is -2.23. The van der Waals surface area contributed by atoms with Gasteiger partial charge in [-0.25, -0.2) is 4.21 Å². The number of rotatable bonds is 10. The molecule has 1 N–H and O–H groups in total. The summed E-state index contributed by atoms with van der Waals surface area (Å²) in [6.07, 6.45) is 8.81. The van der Waals surface area contributed by atoms with E-state index in [0.29, 0.717) is 0 Å². The zero-order valence-electron chi connectivity index (χ0n) is 18.6. The van der Waals surface area contributed by atoms with Crippen molar-refractivity contribution < 1.29 is 4.21 Å². The molecule has 1 aliphatic heterocycles. The van der Waals surface area contributed by atoms with Crippen LogP contribution in [0.25, 0.3) is 0 Å². The molecule has 2 aromatic carbocycles. The normalized spacial score (nSPS) is 17.6. The zero-order valence-corrected chi connectivity index (χ0v) is 21.8. The van der Waals surface area contributed by atoms with Crippen molar-refractivity contribution in [1.82, 2.24) is 5.32 Å². The van der Waals surface area contributed by atoms with Gasteiger partial charge in [-0.3, -0.25) is 4.31 Å². The van der Waals surface area contributed by atoms with Crippen molar-refractivity contribution in [3.05, 3.63) is 80.5 Å². The fraction of sp³-hybridized carbons (Fsp3) is 0.385. The Morgan fingerprint density at radius 1 is 1.00 bits per heavy atom. The minimum absolute atomic E-state index is 0.0906. The van der Waals surface area contributed by atoms with Crippen molar-refractivity contribution in [3.63, 3.8) is 0 Å². The van der Waals surface area contributed by atoms with E-state index in [-0.39, 0.29) is 6.04 Å². The van der Waals surface area contributed by atoms with Gasteiger partial charge in [0.1, 0.15) is 0 Å². The molecule has 6 heteroatoms. The highest BCUT2D eigenvalue weighted by Gasteiger charge is 2.31. The molecule has 0 saturated carbocycles. The van der Waals surface area contributed by atoms with Gasteiger partial charge in [-0.1, -0.05) is 78.0 Å². The third-order valence-electron chi connectivity index (χ3n) is 6.08. The number of hydrogen-bond acceptors (Lipinski definition) is 3. The van der Waals surface area contributed by atoms with Gasteiger partial charge in [0.2, 0.25) is 0 Å². The molecule has 0 spiro atoms. The topological polar surface area (TPSA) is 32.3 Å². The van der Waals surface area contributed by atoms with E-state index in [1.807, 2.05) is 17.4 Å². The predicted octanol–water partition coefficient (Wildman–Crippen LogP) is 7.25. The lowest BCUT2D eigenvalue weighted by atomic mass is 10.0. The minimum Gasteiger partial charge on any atom is -0.305 e. The SMILES string of the molecule is CN1c2ccsc2C(NCCCCCCCCc2ccccc2)c2ccc(Br)cc2S1=O. The van der Waals surface area contributed by atoms with Gasteiger partial charge in [-0.2, -0.15) is 0 Å². The first-order chi connectivity index (χ1) is 15.6. The standard InChI is InChI=1S/C26H31BrN2OS2/c1-29-23-16-18-31-26(23)25(22-15-14-21(27)19-24(22)32(29)30)28-17-10-5-3-2-4-7-11-20-12-8-6-9-13-20/h6,8-9,12-16,18-19,25,28H,2-5,7,10-11,17H2,1H3. The predicted molar refractivity (Wildman–Crippen MR) is 141 cm³/mol. The second-order valence-electron chi connectivity index (χ2n) is 8.34. The van der Waals surface area contributed by atoms with E-state index in [1.165, 1.54) is 55.4 Å². The maximum atomic E-state index is 13.2. The van der Waals surface area contributed by atoms with E-state index in [1.54, 1.807) is 11.3 Å². The monoisotopic (exact) mass is 530 g/mol. The fourth-order valence-electron chi connectivity index (χ4n) is 4.32. The molecule has 3 nitrogen and oxygen atoms in total. The molecule has 2 heterocycles. The summed E-state index contributed by atoms with van der Waals surface area (Å²) in [5.74, 6) is 0. The molecule has 32 heavy (non-hydrogen) atoms. The van der Waals surface area contributed by atoms with Crippen LogP contribution in [-0.2, 0) is 17.4 Å². The largest absolute Gasteiger partial charge is 0.305 e. The Morgan fingerprint density at radius 3 is 2.56 bits per heavy atom. The Labute approximate surface area is 207 Å². The van der Waals surface area contributed by atoms with Crippen LogP contribution < -0.4 is 9.62 Å². The summed E-state index contributed by atoms with van der Waals surface area (Å²) in [4.78, 5) is 2.14. The van der Waals surface area contributed by atoms with Crippen molar-refractivity contribution in [2.45, 2.75) is 55.9 Å². The van der Waals surface area contributed by atoms with Gasteiger partial charge in [0.25, 0.3) is 0 Å². The van der Waals surface area contributed by atoms with Gasteiger partial charge in [-0.15, -0.1) is 11.3 Å². The molecule has 2 unspecified atom stereocenters. The number of nitrogens with zero attached hydrogens (tertiary/aromatic N) is 1. The lowest BCUT2D eigenvalue weighted by Gasteiger charge is -2.19. The summed E-state index contributed by atoms with van der Waals surface area (Å²) >= 11 is 5.30. The molecule has 0 saturated heterocycles. The van der Waals surface area contributed by atoms with E-state index in [4.69, 9.17) is 0 Å². The first-order valence-corrected chi connectivity index (χ1v) is 14.2. The highest BCUT2D eigenvalue weighted by atomic mass is 79.9. The van der Waals surface area contributed by atoms with E-state index in [2.05, 4.69) is 75.2 Å². The van der Waals surface area contributed by atoms with Gasteiger partial charge in [0.15, 0.2) is 11.0 Å². The van der Waals surface area contributed by atoms with Crippen molar-refractivity contribution in [2.24, 2.45) is 0 Å². The molecule has 0 bridgehead atoms. The van der Waals surface area contributed by atoms with Crippen LogP contribution in [0.3, 0.4) is 0 Å². The molecule has 170 valence electrons. The van der Waals surface area contributed by atoms with Crippen molar-refractivity contribution >= 4 is 43.9 Å². The number of benzene rings is 2. The molecule has 0 fully saturated rings. The average molecular weight is 532 g/mol. The molecule has 0 radical (unpaired) electrons. The molecule has 4 rings (SSSR count). The second-order valence-corrected chi connectivity index (χ2v) is 11.7. The van der Waals surface area contributed by atoms with Crippen LogP contribution in [0.4, 0.5) is 5.69 Å². The van der Waals surface area contributed by atoms with Gasteiger partial charge < -0.3 is 5.32 Å². The Morgan fingerprint density at radius 2 is 1.75 bits per heavy atom. The quantitative estimate of drug-likeness (QED) is 0.280. The van der Waals surface area contributed by atoms with Crippen LogP contribution in [0, 0.1) is 0 Å². The first-order valence-electron chi connectivity index (χ1n) is 11.4. The van der Waals surface area contributed by atoms with Crippen LogP contribution in [-0.4, -0.2) is 17.8 Å². The van der Waals surface area contributed by atoms with Crippen molar-refractivity contribution in [2.75, 3.05) is 17.9 Å². The zero-order chi connectivity index (χ0) is 22.3. The number of halogens is 1. The van der Waals surface area contributed by atoms with Gasteiger partial charge >= 0.3 is 0 Å². The summed E-state index contributed by atoms with van der Waals surface area (Å²) < 4.78 is 16.0. The Balaban J connectivity index is 1.27. The second kappa shape index (κ2) is 11.6. The number of hydrogen-bond donors (Lipinski definition) is 1. The Bertz CT molecular complexity index is 1040. The number of thiophene rings is 1. The van der Waals surface area contributed by atoms with Gasteiger partial charge in [-0.05, 0) is 60.5 Å². The highest BCUT2D eigenvalue weighted by molar-refractivity contribution is 9.10. The molecule has 0 aliphatic carbocycles. The van der Waals surface area contributed by atoms with Crippen LogP contribution in [0.15, 0.2) is 69.3 Å². The summed E-state index contributed by atoms with van der Waals surface area (Å²) in [5, 5.41) is 5.88. The Kier molecular flexibility index (Phi) is 8.58. The first kappa shape index (κ1) is 23.7. The number of anilines is 1. The molecule has 3 aromatic rings. The fourth-order valence-corrected chi connectivity index (χ4v) is 7.16. The van der Waals surface area contributed by atoms with E-state index >= 15 is 0 Å². The molecular weight excluding hydrogens is 500 g/mol. The third-order valence-corrected chi connectivity index (χ3v) is 8.97. The van der Waals surface area contributed by atoms with E-state index in [0.717, 1.165) is 27.2 Å². The number of aryl methyl sites for hydroxylation is 1. The maximum Gasteiger partial charge on any atom is 0.153 e. The maximum absolute atomic E-state index is 13.2. The minimum atomic E-state index is -1.21. The summed E-state index contributed by atoms with van der Waals surface area (Å²) in [6.45, 7) is 0.970.